The van der Waals surface area contributed by atoms with Crippen LogP contribution in [0.25, 0.3) is 0 Å². The summed E-state index contributed by atoms with van der Waals surface area (Å²) in [5.41, 5.74) is 1.18. The predicted molar refractivity (Wildman–Crippen MR) is 56.3 cm³/mol. The van der Waals surface area contributed by atoms with E-state index in [4.69, 9.17) is 4.74 Å². The highest BCUT2D eigenvalue weighted by Crippen LogP contribution is 2.30. The molecule has 0 heterocycles. The molecule has 0 aliphatic carbocycles. The summed E-state index contributed by atoms with van der Waals surface area (Å²) in [5.74, 6) is 0.0205. The van der Waals surface area contributed by atoms with E-state index in [1.165, 1.54) is 13.2 Å². The van der Waals surface area contributed by atoms with Gasteiger partial charge in [0.05, 0.1) is 7.11 Å². The first-order valence-electron chi connectivity index (χ1n) is 4.85. The summed E-state index contributed by atoms with van der Waals surface area (Å²) < 4.78 is 18.1. The van der Waals surface area contributed by atoms with Gasteiger partial charge in [0.25, 0.3) is 0 Å². The molecule has 2 heteroatoms. The molecule has 0 aliphatic heterocycles. The van der Waals surface area contributed by atoms with Gasteiger partial charge in [-0.1, -0.05) is 26.8 Å². The summed E-state index contributed by atoms with van der Waals surface area (Å²) in [6, 6.07) is 5.06. The van der Waals surface area contributed by atoms with Gasteiger partial charge in [-0.15, -0.1) is 0 Å². The van der Waals surface area contributed by atoms with Crippen LogP contribution >= 0.6 is 0 Å². The fraction of sp³-hybridized carbons (Fsp3) is 0.500. The molecule has 1 nitrogen and oxygen atoms in total. The Balaban J connectivity index is 3.12. The van der Waals surface area contributed by atoms with Crippen molar-refractivity contribution in [1.82, 2.24) is 0 Å². The minimum atomic E-state index is -0.303. The van der Waals surface area contributed by atoms with Gasteiger partial charge in [0.1, 0.15) is 0 Å². The van der Waals surface area contributed by atoms with Gasteiger partial charge >= 0.3 is 0 Å². The van der Waals surface area contributed by atoms with Crippen LogP contribution in [0.3, 0.4) is 0 Å². The van der Waals surface area contributed by atoms with Crippen LogP contribution in [0, 0.1) is 5.82 Å². The van der Waals surface area contributed by atoms with E-state index >= 15 is 0 Å². The van der Waals surface area contributed by atoms with Gasteiger partial charge in [-0.05, 0) is 29.5 Å². The van der Waals surface area contributed by atoms with E-state index in [0.29, 0.717) is 5.75 Å². The molecule has 0 radical (unpaired) electrons. The first-order chi connectivity index (χ1) is 6.51. The Kier molecular flexibility index (Phi) is 3.14. The van der Waals surface area contributed by atoms with Gasteiger partial charge in [0.15, 0.2) is 11.6 Å². The molecule has 0 saturated carbocycles. The molecule has 0 fully saturated rings. The van der Waals surface area contributed by atoms with Crippen molar-refractivity contribution in [2.45, 2.75) is 32.6 Å². The van der Waals surface area contributed by atoms with Crippen LogP contribution in [-0.4, -0.2) is 7.11 Å². The van der Waals surface area contributed by atoms with Crippen molar-refractivity contribution in [2.24, 2.45) is 0 Å². The Hall–Kier alpha value is -1.05. The summed E-state index contributed by atoms with van der Waals surface area (Å²) in [6.45, 7) is 6.40. The van der Waals surface area contributed by atoms with Crippen LogP contribution in [0.15, 0.2) is 18.2 Å². The van der Waals surface area contributed by atoms with Crippen LogP contribution in [0.1, 0.15) is 32.8 Å². The number of hydrogen-bond donors (Lipinski definition) is 0. The van der Waals surface area contributed by atoms with Crippen molar-refractivity contribution >= 4 is 0 Å². The number of hydrogen-bond acceptors (Lipinski definition) is 1. The van der Waals surface area contributed by atoms with Crippen molar-refractivity contribution in [3.63, 3.8) is 0 Å². The minimum Gasteiger partial charge on any atom is -0.494 e. The average molecular weight is 196 g/mol. The molecule has 0 saturated heterocycles. The molecule has 1 aromatic rings. The van der Waals surface area contributed by atoms with E-state index < -0.39 is 0 Å². The number of benzene rings is 1. The summed E-state index contributed by atoms with van der Waals surface area (Å²) >= 11 is 0. The molecule has 1 rings (SSSR count). The number of ether oxygens (including phenoxy) is 1. The molecular formula is C12H17FO. The van der Waals surface area contributed by atoms with Gasteiger partial charge in [-0.3, -0.25) is 0 Å². The van der Waals surface area contributed by atoms with Crippen LogP contribution in [-0.2, 0) is 5.41 Å². The lowest BCUT2D eigenvalue weighted by molar-refractivity contribution is 0.383. The zero-order valence-electron chi connectivity index (χ0n) is 9.23. The SMILES string of the molecule is CCC(C)(C)c1ccc(F)c(OC)c1. The fourth-order valence-electron chi connectivity index (χ4n) is 1.28. The van der Waals surface area contributed by atoms with Crippen LogP contribution in [0.5, 0.6) is 5.75 Å². The second-order valence-electron chi connectivity index (χ2n) is 4.09. The molecule has 0 unspecified atom stereocenters. The third-order valence-corrected chi connectivity index (χ3v) is 2.82. The summed E-state index contributed by atoms with van der Waals surface area (Å²) in [6.07, 6.45) is 1.02. The maximum Gasteiger partial charge on any atom is 0.165 e. The molecule has 1 aromatic carbocycles. The Labute approximate surface area is 84.9 Å². The largest absolute Gasteiger partial charge is 0.494 e. The monoisotopic (exact) mass is 196 g/mol. The Morgan fingerprint density at radius 2 is 2.00 bits per heavy atom. The molecule has 0 bridgehead atoms. The van der Waals surface area contributed by atoms with Gasteiger partial charge in [-0.2, -0.15) is 0 Å². The lowest BCUT2D eigenvalue weighted by Crippen LogP contribution is -2.15. The summed E-state index contributed by atoms with van der Waals surface area (Å²) in [5, 5.41) is 0. The molecule has 0 atom stereocenters. The minimum absolute atomic E-state index is 0.0704. The number of halogens is 1. The van der Waals surface area contributed by atoms with E-state index in [2.05, 4.69) is 20.8 Å². The smallest absolute Gasteiger partial charge is 0.165 e. The van der Waals surface area contributed by atoms with Crippen molar-refractivity contribution in [2.75, 3.05) is 7.11 Å². The molecule has 14 heavy (non-hydrogen) atoms. The van der Waals surface area contributed by atoms with Gasteiger partial charge < -0.3 is 4.74 Å². The Morgan fingerprint density at radius 3 is 2.50 bits per heavy atom. The first kappa shape index (κ1) is 11.0. The van der Waals surface area contributed by atoms with Crippen molar-refractivity contribution in [1.29, 1.82) is 0 Å². The quantitative estimate of drug-likeness (QED) is 0.718. The Bertz CT molecular complexity index is 318. The molecule has 0 aromatic heterocycles. The second-order valence-corrected chi connectivity index (χ2v) is 4.09. The highest BCUT2D eigenvalue weighted by atomic mass is 19.1. The Morgan fingerprint density at radius 1 is 1.36 bits per heavy atom. The van der Waals surface area contributed by atoms with Crippen molar-refractivity contribution in [3.05, 3.63) is 29.6 Å². The molecule has 78 valence electrons. The van der Waals surface area contributed by atoms with Crippen LogP contribution < -0.4 is 4.74 Å². The van der Waals surface area contributed by atoms with Crippen molar-refractivity contribution in [3.8, 4) is 5.75 Å². The normalized spacial score (nSPS) is 11.5. The molecule has 0 amide bonds. The lowest BCUT2D eigenvalue weighted by atomic mass is 9.82. The van der Waals surface area contributed by atoms with Gasteiger partial charge in [0, 0.05) is 0 Å². The van der Waals surface area contributed by atoms with E-state index in [1.807, 2.05) is 6.07 Å². The molecule has 0 aliphatic rings. The lowest BCUT2D eigenvalue weighted by Gasteiger charge is -2.23. The maximum absolute atomic E-state index is 13.1. The summed E-state index contributed by atoms with van der Waals surface area (Å²) in [7, 11) is 1.49. The van der Waals surface area contributed by atoms with E-state index in [0.717, 1.165) is 12.0 Å². The zero-order chi connectivity index (χ0) is 10.8. The van der Waals surface area contributed by atoms with Crippen LogP contribution in [0.4, 0.5) is 4.39 Å². The van der Waals surface area contributed by atoms with E-state index in [9.17, 15) is 4.39 Å². The molecule has 0 spiro atoms. The van der Waals surface area contributed by atoms with Gasteiger partial charge in [0.2, 0.25) is 0 Å². The first-order valence-corrected chi connectivity index (χ1v) is 4.85. The second kappa shape index (κ2) is 3.99. The average Bonchev–Trinajstić information content (AvgIpc) is 2.18. The predicted octanol–water partition coefficient (Wildman–Crippen LogP) is 3.52. The standard InChI is InChI=1S/C12H17FO/c1-5-12(2,3)9-6-7-10(13)11(8-9)14-4/h6-8H,5H2,1-4H3. The van der Waals surface area contributed by atoms with E-state index in [-0.39, 0.29) is 11.2 Å². The highest BCUT2D eigenvalue weighted by Gasteiger charge is 2.19. The van der Waals surface area contributed by atoms with E-state index in [1.54, 1.807) is 6.07 Å². The maximum atomic E-state index is 13.1. The third-order valence-electron chi connectivity index (χ3n) is 2.82. The molecule has 0 N–H and O–H groups in total. The third kappa shape index (κ3) is 2.06. The molecular weight excluding hydrogens is 179 g/mol. The fourth-order valence-corrected chi connectivity index (χ4v) is 1.28. The van der Waals surface area contributed by atoms with Gasteiger partial charge in [-0.25, -0.2) is 4.39 Å². The summed E-state index contributed by atoms with van der Waals surface area (Å²) in [4.78, 5) is 0. The highest BCUT2D eigenvalue weighted by molar-refractivity contribution is 5.34. The van der Waals surface area contributed by atoms with Crippen molar-refractivity contribution < 1.29 is 9.13 Å². The topological polar surface area (TPSA) is 9.23 Å². The number of rotatable bonds is 3. The van der Waals surface area contributed by atoms with Crippen LogP contribution in [0.2, 0.25) is 0 Å². The zero-order valence-corrected chi connectivity index (χ0v) is 9.23. The number of methoxy groups -OCH3 is 1.